The van der Waals surface area contributed by atoms with Crippen molar-refractivity contribution in [3.63, 3.8) is 0 Å². The van der Waals surface area contributed by atoms with Gasteiger partial charge in [0.15, 0.2) is 0 Å². The van der Waals surface area contributed by atoms with Gasteiger partial charge < -0.3 is 15.0 Å². The van der Waals surface area contributed by atoms with Crippen molar-refractivity contribution < 1.29 is 14.3 Å². The summed E-state index contributed by atoms with van der Waals surface area (Å²) in [5, 5.41) is 2.88. The van der Waals surface area contributed by atoms with Crippen LogP contribution >= 0.6 is 0 Å². The van der Waals surface area contributed by atoms with Gasteiger partial charge in [0.1, 0.15) is 11.2 Å². The van der Waals surface area contributed by atoms with Crippen LogP contribution in [0.15, 0.2) is 24.3 Å². The lowest BCUT2D eigenvalue weighted by Crippen LogP contribution is -2.41. The summed E-state index contributed by atoms with van der Waals surface area (Å²) in [6.45, 7) is 5.20. The van der Waals surface area contributed by atoms with Crippen LogP contribution in [0.3, 0.4) is 0 Å². The molecule has 0 aromatic heterocycles. The maximum atomic E-state index is 12.7. The number of hydrogen-bond acceptors (Lipinski definition) is 3. The van der Waals surface area contributed by atoms with Gasteiger partial charge in [-0.2, -0.15) is 0 Å². The minimum Gasteiger partial charge on any atom is -0.492 e. The van der Waals surface area contributed by atoms with E-state index in [0.717, 1.165) is 12.8 Å². The summed E-state index contributed by atoms with van der Waals surface area (Å²) < 4.78 is 5.52. The zero-order valence-electron chi connectivity index (χ0n) is 14.2. The summed E-state index contributed by atoms with van der Waals surface area (Å²) >= 11 is 0. The number of amides is 2. The monoisotopic (exact) mass is 318 g/mol. The van der Waals surface area contributed by atoms with E-state index in [0.29, 0.717) is 37.4 Å². The molecule has 2 amide bonds. The molecule has 1 fully saturated rings. The number of rotatable bonds is 8. The number of carbonyl (C=O) groups is 2. The average Bonchev–Trinajstić information content (AvgIpc) is 3.35. The molecule has 0 unspecified atom stereocenters. The Morgan fingerprint density at radius 3 is 2.57 bits per heavy atom. The lowest BCUT2D eigenvalue weighted by Gasteiger charge is -2.23. The summed E-state index contributed by atoms with van der Waals surface area (Å²) in [5.41, 5.74) is -0.267. The fourth-order valence-electron chi connectivity index (χ4n) is 2.62. The molecular weight excluding hydrogens is 292 g/mol. The maximum Gasteiger partial charge on any atom is 0.240 e. The minimum atomic E-state index is -0.887. The van der Waals surface area contributed by atoms with Crippen molar-refractivity contribution in [2.75, 3.05) is 25.5 Å². The molecule has 1 aliphatic rings. The van der Waals surface area contributed by atoms with Gasteiger partial charge >= 0.3 is 0 Å². The van der Waals surface area contributed by atoms with Crippen molar-refractivity contribution in [1.29, 1.82) is 0 Å². The highest BCUT2D eigenvalue weighted by Gasteiger charge is 2.57. The van der Waals surface area contributed by atoms with E-state index >= 15 is 0 Å². The molecule has 5 heteroatoms. The molecule has 1 aliphatic carbocycles. The molecule has 1 aromatic rings. The van der Waals surface area contributed by atoms with Crippen LogP contribution in [0.4, 0.5) is 5.69 Å². The smallest absolute Gasteiger partial charge is 0.240 e. The second-order valence-corrected chi connectivity index (χ2v) is 6.05. The van der Waals surface area contributed by atoms with E-state index in [1.54, 1.807) is 18.0 Å². The number of nitrogens with one attached hydrogen (secondary N) is 1. The summed E-state index contributed by atoms with van der Waals surface area (Å²) in [6.07, 6.45) is 3.21. The van der Waals surface area contributed by atoms with Crippen LogP contribution in [0, 0.1) is 5.41 Å². The van der Waals surface area contributed by atoms with Gasteiger partial charge in [-0.15, -0.1) is 0 Å². The van der Waals surface area contributed by atoms with E-state index in [2.05, 4.69) is 12.2 Å². The predicted molar refractivity (Wildman–Crippen MR) is 90.5 cm³/mol. The van der Waals surface area contributed by atoms with Crippen molar-refractivity contribution in [3.05, 3.63) is 24.3 Å². The van der Waals surface area contributed by atoms with Gasteiger partial charge in [0.2, 0.25) is 11.8 Å². The molecule has 0 aliphatic heterocycles. The van der Waals surface area contributed by atoms with Gasteiger partial charge in [-0.1, -0.05) is 25.5 Å². The number of nitrogens with zero attached hydrogens (tertiary/aromatic N) is 1. The fourth-order valence-corrected chi connectivity index (χ4v) is 2.62. The maximum absolute atomic E-state index is 12.7. The van der Waals surface area contributed by atoms with E-state index in [1.807, 2.05) is 25.1 Å². The minimum absolute atomic E-state index is 0.0719. The number of para-hydroxylation sites is 2. The van der Waals surface area contributed by atoms with E-state index < -0.39 is 5.41 Å². The highest BCUT2D eigenvalue weighted by atomic mass is 16.5. The number of benzene rings is 1. The topological polar surface area (TPSA) is 58.6 Å². The van der Waals surface area contributed by atoms with Crippen molar-refractivity contribution in [3.8, 4) is 5.75 Å². The number of carbonyl (C=O) groups excluding carboxylic acids is 2. The molecule has 23 heavy (non-hydrogen) atoms. The Bertz CT molecular complexity index is 567. The Balaban J connectivity index is 2.07. The van der Waals surface area contributed by atoms with E-state index in [4.69, 9.17) is 4.74 Å². The summed E-state index contributed by atoms with van der Waals surface area (Å²) in [5.74, 6) is 0.335. The molecule has 0 atom stereocenters. The average molecular weight is 318 g/mol. The first kappa shape index (κ1) is 17.3. The van der Waals surface area contributed by atoms with Gasteiger partial charge in [-0.25, -0.2) is 0 Å². The zero-order chi connectivity index (χ0) is 16.9. The molecule has 1 saturated carbocycles. The molecule has 5 nitrogen and oxygen atoms in total. The molecule has 0 bridgehead atoms. The first-order valence-electron chi connectivity index (χ1n) is 8.34. The highest BCUT2D eigenvalue weighted by molar-refractivity contribution is 6.13. The van der Waals surface area contributed by atoms with Crippen LogP contribution < -0.4 is 10.1 Å². The molecule has 0 spiro atoms. The third-order valence-corrected chi connectivity index (χ3v) is 4.22. The molecule has 0 saturated heterocycles. The third kappa shape index (κ3) is 3.84. The lowest BCUT2D eigenvalue weighted by molar-refractivity contribution is -0.141. The van der Waals surface area contributed by atoms with Gasteiger partial charge in [-0.3, -0.25) is 9.59 Å². The quantitative estimate of drug-likeness (QED) is 0.749. The second kappa shape index (κ2) is 7.49. The fraction of sp³-hybridized carbons (Fsp3) is 0.556. The number of anilines is 1. The van der Waals surface area contributed by atoms with E-state index in [-0.39, 0.29) is 11.8 Å². The highest BCUT2D eigenvalue weighted by Crippen LogP contribution is 2.48. The Hall–Kier alpha value is -2.04. The van der Waals surface area contributed by atoms with Crippen LogP contribution in [-0.2, 0) is 9.59 Å². The van der Waals surface area contributed by atoms with E-state index in [1.165, 1.54) is 0 Å². The van der Waals surface area contributed by atoms with Crippen LogP contribution in [0.2, 0.25) is 0 Å². The van der Waals surface area contributed by atoms with Crippen molar-refractivity contribution >= 4 is 17.5 Å². The summed E-state index contributed by atoms with van der Waals surface area (Å²) in [6, 6.07) is 7.31. The van der Waals surface area contributed by atoms with Crippen molar-refractivity contribution in [1.82, 2.24) is 4.90 Å². The molecule has 126 valence electrons. The number of hydrogen-bond donors (Lipinski definition) is 1. The summed E-state index contributed by atoms with van der Waals surface area (Å²) in [4.78, 5) is 27.0. The van der Waals surface area contributed by atoms with Crippen LogP contribution in [-0.4, -0.2) is 36.9 Å². The molecule has 0 heterocycles. The molecule has 2 rings (SSSR count). The molecule has 1 N–H and O–H groups in total. The van der Waals surface area contributed by atoms with Crippen LogP contribution in [0.5, 0.6) is 5.75 Å². The normalized spacial score (nSPS) is 14.9. The predicted octanol–water partition coefficient (Wildman–Crippen LogP) is 3.06. The molecular formula is C18H26N2O3. The zero-order valence-corrected chi connectivity index (χ0v) is 14.2. The Morgan fingerprint density at radius 1 is 1.26 bits per heavy atom. The van der Waals surface area contributed by atoms with Gasteiger partial charge in [0.05, 0.1) is 12.3 Å². The van der Waals surface area contributed by atoms with Crippen LogP contribution in [0.25, 0.3) is 0 Å². The Labute approximate surface area is 138 Å². The first-order valence-corrected chi connectivity index (χ1v) is 8.34. The molecule has 1 aromatic carbocycles. The standard InChI is InChI=1S/C18H26N2O3/c1-4-6-13-20(3)17(22)18(11-12-18)16(21)19-14-9-7-8-10-15(14)23-5-2/h7-10H,4-6,11-13H2,1-3H3,(H,19,21). The Morgan fingerprint density at radius 2 is 1.96 bits per heavy atom. The van der Waals surface area contributed by atoms with Crippen molar-refractivity contribution in [2.24, 2.45) is 5.41 Å². The van der Waals surface area contributed by atoms with Gasteiger partial charge in [-0.05, 0) is 38.3 Å². The number of ether oxygens (including phenoxy) is 1. The Kier molecular flexibility index (Phi) is 5.64. The number of unbranched alkanes of at least 4 members (excludes halogenated alkanes) is 1. The largest absolute Gasteiger partial charge is 0.492 e. The van der Waals surface area contributed by atoms with Crippen LogP contribution in [0.1, 0.15) is 39.5 Å². The van der Waals surface area contributed by atoms with Gasteiger partial charge in [0.25, 0.3) is 0 Å². The first-order chi connectivity index (χ1) is 11.0. The third-order valence-electron chi connectivity index (χ3n) is 4.22. The summed E-state index contributed by atoms with van der Waals surface area (Å²) in [7, 11) is 1.78. The SMILES string of the molecule is CCCCN(C)C(=O)C1(C(=O)Nc2ccccc2OCC)CC1. The van der Waals surface area contributed by atoms with Gasteiger partial charge in [0, 0.05) is 13.6 Å². The van der Waals surface area contributed by atoms with E-state index in [9.17, 15) is 9.59 Å². The molecule has 0 radical (unpaired) electrons. The lowest BCUT2D eigenvalue weighted by atomic mass is 10.0. The second-order valence-electron chi connectivity index (χ2n) is 6.05. The van der Waals surface area contributed by atoms with Crippen molar-refractivity contribution in [2.45, 2.75) is 39.5 Å².